The minimum absolute atomic E-state index is 0.0457. The summed E-state index contributed by atoms with van der Waals surface area (Å²) in [4.78, 5) is 23.7. The van der Waals surface area contributed by atoms with Gasteiger partial charge in [-0.25, -0.2) is 0 Å². The zero-order valence-corrected chi connectivity index (χ0v) is 15.6. The molecule has 0 aliphatic heterocycles. The van der Waals surface area contributed by atoms with E-state index in [9.17, 15) is 9.59 Å². The Labute approximate surface area is 161 Å². The van der Waals surface area contributed by atoms with Gasteiger partial charge in [0.2, 0.25) is 0 Å². The maximum absolute atomic E-state index is 12.0. The fourth-order valence-corrected chi connectivity index (χ4v) is 2.30. The molecule has 2 aromatic carbocycles. The van der Waals surface area contributed by atoms with Gasteiger partial charge in [0.1, 0.15) is 5.75 Å². The minimum Gasteiger partial charge on any atom is -0.484 e. The molecule has 0 heterocycles. The van der Waals surface area contributed by atoms with Crippen LogP contribution in [-0.2, 0) is 11.2 Å². The Kier molecular flexibility index (Phi) is 7.37. The summed E-state index contributed by atoms with van der Waals surface area (Å²) in [6.07, 6.45) is 0.934. The highest BCUT2D eigenvalue weighted by atomic mass is 35.5. The van der Waals surface area contributed by atoms with Crippen LogP contribution in [-0.4, -0.2) is 23.5 Å². The van der Waals surface area contributed by atoms with E-state index in [0.29, 0.717) is 16.3 Å². The van der Waals surface area contributed by atoms with Crippen LogP contribution in [0.25, 0.3) is 0 Å². The average Bonchev–Trinajstić information content (AvgIpc) is 2.65. The number of carbonyl (C=O) groups is 2. The van der Waals surface area contributed by atoms with Gasteiger partial charge in [-0.15, -0.1) is 0 Å². The third-order valence-corrected chi connectivity index (χ3v) is 3.77. The fraction of sp³-hybridized carbons (Fsp3) is 0.167. The molecule has 0 saturated heterocycles. The molecule has 6 nitrogen and oxygen atoms in total. The van der Waals surface area contributed by atoms with Crippen molar-refractivity contribution >= 4 is 40.7 Å². The number of nitrogens with one attached hydrogen (secondary N) is 3. The lowest BCUT2D eigenvalue weighted by Gasteiger charge is -2.11. The van der Waals surface area contributed by atoms with Gasteiger partial charge in [0.15, 0.2) is 11.7 Å². The van der Waals surface area contributed by atoms with Gasteiger partial charge >= 0.3 is 0 Å². The molecular weight excluding hydrogens is 374 g/mol. The van der Waals surface area contributed by atoms with Crippen molar-refractivity contribution in [1.82, 2.24) is 16.2 Å². The first-order valence-corrected chi connectivity index (χ1v) is 8.64. The summed E-state index contributed by atoms with van der Waals surface area (Å²) in [6.45, 7) is 1.87. The zero-order chi connectivity index (χ0) is 18.9. The Morgan fingerprint density at radius 3 is 2.50 bits per heavy atom. The molecule has 2 rings (SSSR count). The van der Waals surface area contributed by atoms with E-state index in [-0.39, 0.29) is 11.7 Å². The van der Waals surface area contributed by atoms with E-state index in [1.807, 2.05) is 12.1 Å². The highest BCUT2D eigenvalue weighted by Gasteiger charge is 2.09. The number of amides is 2. The van der Waals surface area contributed by atoms with Crippen molar-refractivity contribution in [2.24, 2.45) is 0 Å². The van der Waals surface area contributed by atoms with Crippen LogP contribution < -0.4 is 20.9 Å². The molecule has 3 N–H and O–H groups in total. The van der Waals surface area contributed by atoms with E-state index < -0.39 is 11.8 Å². The lowest BCUT2D eigenvalue weighted by molar-refractivity contribution is -0.123. The van der Waals surface area contributed by atoms with Crippen LogP contribution in [0.4, 0.5) is 0 Å². The number of rotatable bonds is 5. The topological polar surface area (TPSA) is 79.5 Å². The number of benzene rings is 2. The van der Waals surface area contributed by atoms with Crippen molar-refractivity contribution in [2.75, 3.05) is 6.61 Å². The molecule has 0 saturated carbocycles. The second-order valence-corrected chi connectivity index (χ2v) is 6.10. The van der Waals surface area contributed by atoms with Gasteiger partial charge < -0.3 is 4.74 Å². The zero-order valence-electron chi connectivity index (χ0n) is 14.0. The van der Waals surface area contributed by atoms with Crippen molar-refractivity contribution in [2.45, 2.75) is 13.3 Å². The lowest BCUT2D eigenvalue weighted by atomic mass is 10.2. The van der Waals surface area contributed by atoms with E-state index in [1.165, 1.54) is 11.6 Å². The van der Waals surface area contributed by atoms with Crippen LogP contribution in [0.15, 0.2) is 48.5 Å². The number of hydrogen-bond donors (Lipinski definition) is 3. The van der Waals surface area contributed by atoms with Crippen LogP contribution in [0.1, 0.15) is 22.8 Å². The van der Waals surface area contributed by atoms with Crippen LogP contribution in [0, 0.1) is 0 Å². The summed E-state index contributed by atoms with van der Waals surface area (Å²) in [5.74, 6) is -0.287. The molecule has 2 amide bonds. The third kappa shape index (κ3) is 6.34. The fourth-order valence-electron chi connectivity index (χ4n) is 1.97. The third-order valence-electron chi connectivity index (χ3n) is 3.33. The predicted octanol–water partition coefficient (Wildman–Crippen LogP) is 2.62. The highest BCUT2D eigenvalue weighted by Crippen LogP contribution is 2.12. The number of carbonyl (C=O) groups excluding carboxylic acids is 2. The molecule has 0 aliphatic carbocycles. The monoisotopic (exact) mass is 391 g/mol. The number of hydrazine groups is 1. The summed E-state index contributed by atoms with van der Waals surface area (Å²) in [6, 6.07) is 13.9. The average molecular weight is 392 g/mol. The predicted molar refractivity (Wildman–Crippen MR) is 104 cm³/mol. The summed E-state index contributed by atoms with van der Waals surface area (Å²) in [5.41, 5.74) is 6.32. The van der Waals surface area contributed by atoms with Crippen LogP contribution in [0.3, 0.4) is 0 Å². The maximum atomic E-state index is 12.0. The molecule has 2 aromatic rings. The minimum atomic E-state index is -0.441. The van der Waals surface area contributed by atoms with Gasteiger partial charge in [-0.2, -0.15) is 0 Å². The molecule has 0 spiro atoms. The lowest BCUT2D eigenvalue weighted by Crippen LogP contribution is -2.49. The molecule has 0 atom stereocenters. The summed E-state index contributed by atoms with van der Waals surface area (Å²) in [5, 5.41) is 2.83. The molecule has 0 fully saturated rings. The van der Waals surface area contributed by atoms with Crippen molar-refractivity contribution in [3.63, 3.8) is 0 Å². The van der Waals surface area contributed by atoms with Crippen LogP contribution in [0.5, 0.6) is 5.75 Å². The molecule has 136 valence electrons. The van der Waals surface area contributed by atoms with E-state index in [1.54, 1.807) is 30.3 Å². The number of thiocarbonyl (C=S) groups is 1. The SMILES string of the molecule is CCc1ccc(OCC(=O)NNC(=S)NC(=O)c2cccc(Cl)c2)cc1. The second kappa shape index (κ2) is 9.74. The smallest absolute Gasteiger partial charge is 0.276 e. The van der Waals surface area contributed by atoms with E-state index in [0.717, 1.165) is 6.42 Å². The van der Waals surface area contributed by atoms with Crippen molar-refractivity contribution in [3.8, 4) is 5.75 Å². The summed E-state index contributed by atoms with van der Waals surface area (Å²) < 4.78 is 5.37. The number of aryl methyl sites for hydroxylation is 1. The molecule has 0 aliphatic rings. The number of ether oxygens (including phenoxy) is 1. The Hall–Kier alpha value is -2.64. The molecule has 0 radical (unpaired) electrons. The molecule has 0 bridgehead atoms. The van der Waals surface area contributed by atoms with Crippen molar-refractivity contribution < 1.29 is 14.3 Å². The van der Waals surface area contributed by atoms with Crippen LogP contribution >= 0.6 is 23.8 Å². The molecule has 0 aromatic heterocycles. The van der Waals surface area contributed by atoms with E-state index >= 15 is 0 Å². The van der Waals surface area contributed by atoms with Gasteiger partial charge in [0.25, 0.3) is 11.8 Å². The van der Waals surface area contributed by atoms with E-state index in [2.05, 4.69) is 23.1 Å². The van der Waals surface area contributed by atoms with Gasteiger partial charge in [0.05, 0.1) is 0 Å². The summed E-state index contributed by atoms with van der Waals surface area (Å²) >= 11 is 10.8. The Morgan fingerprint density at radius 2 is 1.85 bits per heavy atom. The maximum Gasteiger partial charge on any atom is 0.276 e. The molecule has 8 heteroatoms. The Balaban J connectivity index is 1.72. The summed E-state index contributed by atoms with van der Waals surface area (Å²) in [7, 11) is 0. The molecule has 26 heavy (non-hydrogen) atoms. The van der Waals surface area contributed by atoms with Gasteiger partial charge in [-0.1, -0.05) is 36.7 Å². The molecular formula is C18H18ClN3O3S. The molecule has 0 unspecified atom stereocenters. The van der Waals surface area contributed by atoms with Crippen LogP contribution in [0.2, 0.25) is 5.02 Å². The largest absolute Gasteiger partial charge is 0.484 e. The quantitative estimate of drug-likeness (QED) is 0.539. The van der Waals surface area contributed by atoms with Gasteiger partial charge in [-0.3, -0.25) is 25.8 Å². The van der Waals surface area contributed by atoms with E-state index in [4.69, 9.17) is 28.6 Å². The van der Waals surface area contributed by atoms with Crippen molar-refractivity contribution in [3.05, 3.63) is 64.7 Å². The first-order valence-electron chi connectivity index (χ1n) is 7.85. The number of hydrogen-bond acceptors (Lipinski definition) is 4. The van der Waals surface area contributed by atoms with Gasteiger partial charge in [-0.05, 0) is 54.5 Å². The normalized spacial score (nSPS) is 9.92. The number of halogens is 1. The second-order valence-electron chi connectivity index (χ2n) is 5.25. The van der Waals surface area contributed by atoms with Crippen molar-refractivity contribution in [1.29, 1.82) is 0 Å². The van der Waals surface area contributed by atoms with Gasteiger partial charge in [0, 0.05) is 10.6 Å². The Bertz CT molecular complexity index is 797. The standard InChI is InChI=1S/C18H18ClN3O3S/c1-2-12-6-8-15(9-7-12)25-11-16(23)21-22-18(26)20-17(24)13-4-3-5-14(19)10-13/h3-10H,2,11H2,1H3,(H,21,23)(H2,20,22,24,26). The first-order chi connectivity index (χ1) is 12.5. The first kappa shape index (κ1) is 19.7. The Morgan fingerprint density at radius 1 is 1.12 bits per heavy atom. The highest BCUT2D eigenvalue weighted by molar-refractivity contribution is 7.80.